The van der Waals surface area contributed by atoms with Crippen molar-refractivity contribution in [1.82, 2.24) is 25.1 Å². The van der Waals surface area contributed by atoms with Crippen molar-refractivity contribution < 1.29 is 4.79 Å². The van der Waals surface area contributed by atoms with Crippen LogP contribution in [0.4, 0.5) is 5.82 Å². The number of aromatic amines is 1. The minimum absolute atomic E-state index is 0.139. The Bertz CT molecular complexity index is 917. The molecule has 1 atom stereocenters. The van der Waals surface area contributed by atoms with Gasteiger partial charge in [0.1, 0.15) is 5.82 Å². The molecule has 0 saturated carbocycles. The third-order valence-corrected chi connectivity index (χ3v) is 5.48. The number of anilines is 1. The Hall–Kier alpha value is -2.48. The van der Waals surface area contributed by atoms with E-state index in [0.717, 1.165) is 41.2 Å². The molecule has 0 spiro atoms. The van der Waals surface area contributed by atoms with E-state index in [4.69, 9.17) is 5.73 Å². The Morgan fingerprint density at radius 3 is 3.12 bits per heavy atom. The molecular formula is C17H20N6OS. The maximum atomic E-state index is 12.6. The molecule has 1 fully saturated rings. The van der Waals surface area contributed by atoms with Gasteiger partial charge < -0.3 is 10.6 Å². The van der Waals surface area contributed by atoms with Gasteiger partial charge in [-0.1, -0.05) is 0 Å². The second-order valence-corrected chi connectivity index (χ2v) is 7.52. The number of rotatable bonds is 3. The van der Waals surface area contributed by atoms with Gasteiger partial charge in [0.05, 0.1) is 22.5 Å². The number of hydrogen-bond donors (Lipinski definition) is 2. The van der Waals surface area contributed by atoms with Gasteiger partial charge in [-0.2, -0.15) is 5.10 Å². The molecule has 0 aliphatic carbocycles. The van der Waals surface area contributed by atoms with E-state index in [0.29, 0.717) is 24.4 Å². The smallest absolute Gasteiger partial charge is 0.228 e. The fourth-order valence-electron chi connectivity index (χ4n) is 3.36. The molecule has 0 bridgehead atoms. The number of nitrogens with two attached hydrogens (primary N) is 1. The number of fused-ring (bicyclic) bond motifs is 1. The molecule has 4 heterocycles. The molecule has 4 rings (SSSR count). The second kappa shape index (κ2) is 6.44. The van der Waals surface area contributed by atoms with Crippen LogP contribution in [0.1, 0.15) is 35.2 Å². The SMILES string of the molecule is Cc1nc(CC(=O)N2CCC[C@@H](c3ccc4c(N)[nH]nc4n3)C2)cs1. The number of nitrogen functional groups attached to an aromatic ring is 1. The highest BCUT2D eigenvalue weighted by molar-refractivity contribution is 7.09. The number of carbonyl (C=O) groups excluding carboxylic acids is 1. The van der Waals surface area contributed by atoms with E-state index in [9.17, 15) is 4.79 Å². The highest BCUT2D eigenvalue weighted by Gasteiger charge is 2.26. The predicted octanol–water partition coefficient (Wildman–Crippen LogP) is 2.25. The molecule has 3 aromatic heterocycles. The summed E-state index contributed by atoms with van der Waals surface area (Å²) in [5.41, 5.74) is 8.30. The number of nitrogens with one attached hydrogen (secondary N) is 1. The number of aryl methyl sites for hydroxylation is 1. The van der Waals surface area contributed by atoms with Crippen molar-refractivity contribution in [3.8, 4) is 0 Å². The van der Waals surface area contributed by atoms with Crippen LogP contribution in [0.3, 0.4) is 0 Å². The normalized spacial score (nSPS) is 18.0. The molecule has 25 heavy (non-hydrogen) atoms. The number of carbonyl (C=O) groups is 1. The number of hydrogen-bond acceptors (Lipinski definition) is 6. The lowest BCUT2D eigenvalue weighted by Gasteiger charge is -2.32. The molecule has 130 valence electrons. The molecule has 0 aromatic carbocycles. The van der Waals surface area contributed by atoms with Crippen molar-refractivity contribution in [1.29, 1.82) is 0 Å². The summed E-state index contributed by atoms with van der Waals surface area (Å²) in [5.74, 6) is 0.908. The average molecular weight is 356 g/mol. The van der Waals surface area contributed by atoms with Gasteiger partial charge in [-0.3, -0.25) is 9.89 Å². The lowest BCUT2D eigenvalue weighted by Crippen LogP contribution is -2.40. The zero-order valence-electron chi connectivity index (χ0n) is 14.0. The Kier molecular flexibility index (Phi) is 4.12. The van der Waals surface area contributed by atoms with Crippen LogP contribution in [-0.2, 0) is 11.2 Å². The lowest BCUT2D eigenvalue weighted by atomic mass is 9.94. The molecule has 7 nitrogen and oxygen atoms in total. The number of amides is 1. The summed E-state index contributed by atoms with van der Waals surface area (Å²) in [6.45, 7) is 3.45. The third-order valence-electron chi connectivity index (χ3n) is 4.66. The number of piperidine rings is 1. The summed E-state index contributed by atoms with van der Waals surface area (Å²) in [6.07, 6.45) is 2.38. The highest BCUT2D eigenvalue weighted by Crippen LogP contribution is 2.28. The number of thiazole rings is 1. The summed E-state index contributed by atoms with van der Waals surface area (Å²) in [7, 11) is 0. The first-order chi connectivity index (χ1) is 12.1. The van der Waals surface area contributed by atoms with Crippen LogP contribution in [0.2, 0.25) is 0 Å². The quantitative estimate of drug-likeness (QED) is 0.749. The van der Waals surface area contributed by atoms with Crippen molar-refractivity contribution >= 4 is 34.1 Å². The zero-order chi connectivity index (χ0) is 17.4. The van der Waals surface area contributed by atoms with Crippen LogP contribution >= 0.6 is 11.3 Å². The molecule has 3 N–H and O–H groups in total. The van der Waals surface area contributed by atoms with Gasteiger partial charge in [0.25, 0.3) is 0 Å². The molecule has 1 aliphatic heterocycles. The summed E-state index contributed by atoms with van der Waals surface area (Å²) < 4.78 is 0. The van der Waals surface area contributed by atoms with Gasteiger partial charge in [-0.05, 0) is 31.9 Å². The van der Waals surface area contributed by atoms with E-state index in [1.807, 2.05) is 29.3 Å². The fourth-order valence-corrected chi connectivity index (χ4v) is 3.97. The molecule has 8 heteroatoms. The van der Waals surface area contributed by atoms with E-state index in [1.165, 1.54) is 0 Å². The third kappa shape index (κ3) is 3.21. The van der Waals surface area contributed by atoms with E-state index in [2.05, 4.69) is 20.2 Å². The molecule has 1 saturated heterocycles. The van der Waals surface area contributed by atoms with Crippen LogP contribution in [0.25, 0.3) is 11.0 Å². The number of H-pyrrole nitrogens is 1. The Morgan fingerprint density at radius 2 is 2.32 bits per heavy atom. The zero-order valence-corrected chi connectivity index (χ0v) is 14.8. The van der Waals surface area contributed by atoms with Gasteiger partial charge >= 0.3 is 0 Å². The summed E-state index contributed by atoms with van der Waals surface area (Å²) in [6, 6.07) is 3.95. The van der Waals surface area contributed by atoms with Gasteiger partial charge in [-0.15, -0.1) is 11.3 Å². The molecule has 0 unspecified atom stereocenters. The van der Waals surface area contributed by atoms with Gasteiger partial charge in [0, 0.05) is 30.1 Å². The molecule has 0 radical (unpaired) electrons. The van der Waals surface area contributed by atoms with Crippen LogP contribution in [0, 0.1) is 6.92 Å². The van der Waals surface area contributed by atoms with Crippen LogP contribution in [0.5, 0.6) is 0 Å². The first-order valence-electron chi connectivity index (χ1n) is 8.39. The summed E-state index contributed by atoms with van der Waals surface area (Å²) >= 11 is 1.58. The number of pyridine rings is 1. The van der Waals surface area contributed by atoms with Crippen LogP contribution in [-0.4, -0.2) is 44.1 Å². The molecule has 3 aromatic rings. The first kappa shape index (κ1) is 16.0. The standard InChI is InChI=1S/C17H20N6OS/c1-10-19-12(9-25-10)7-15(24)23-6-2-3-11(8-23)14-5-4-13-16(18)21-22-17(13)20-14/h4-5,9,11H,2-3,6-8H2,1H3,(H3,18,20,21,22)/t11-/m1/s1. The molecule has 1 aliphatic rings. The van der Waals surface area contributed by atoms with Crippen LogP contribution < -0.4 is 5.73 Å². The monoisotopic (exact) mass is 356 g/mol. The Labute approximate surface area is 149 Å². The minimum atomic E-state index is 0.139. The van der Waals surface area contributed by atoms with Crippen molar-refractivity contribution in [2.24, 2.45) is 0 Å². The van der Waals surface area contributed by atoms with Crippen molar-refractivity contribution in [3.05, 3.63) is 33.9 Å². The Balaban J connectivity index is 1.48. The van der Waals surface area contributed by atoms with E-state index in [-0.39, 0.29) is 11.8 Å². The minimum Gasteiger partial charge on any atom is -0.384 e. The van der Waals surface area contributed by atoms with Gasteiger partial charge in [0.15, 0.2) is 5.65 Å². The number of aromatic nitrogens is 4. The van der Waals surface area contributed by atoms with Crippen LogP contribution in [0.15, 0.2) is 17.5 Å². The highest BCUT2D eigenvalue weighted by atomic mass is 32.1. The lowest BCUT2D eigenvalue weighted by molar-refractivity contribution is -0.131. The summed E-state index contributed by atoms with van der Waals surface area (Å²) in [4.78, 5) is 23.6. The molecule has 1 amide bonds. The van der Waals surface area contributed by atoms with Gasteiger partial charge in [0.2, 0.25) is 5.91 Å². The topological polar surface area (TPSA) is 101 Å². The van der Waals surface area contributed by atoms with Gasteiger partial charge in [-0.25, -0.2) is 9.97 Å². The van der Waals surface area contributed by atoms with Crippen molar-refractivity contribution in [2.45, 2.75) is 32.1 Å². The first-order valence-corrected chi connectivity index (χ1v) is 9.27. The van der Waals surface area contributed by atoms with E-state index < -0.39 is 0 Å². The second-order valence-electron chi connectivity index (χ2n) is 6.46. The van der Waals surface area contributed by atoms with E-state index >= 15 is 0 Å². The van der Waals surface area contributed by atoms with Crippen molar-refractivity contribution in [3.63, 3.8) is 0 Å². The van der Waals surface area contributed by atoms with Crippen molar-refractivity contribution in [2.75, 3.05) is 18.8 Å². The summed E-state index contributed by atoms with van der Waals surface area (Å²) in [5, 5.41) is 10.7. The number of likely N-dealkylation sites (tertiary alicyclic amines) is 1. The molecular weight excluding hydrogens is 336 g/mol. The largest absolute Gasteiger partial charge is 0.384 e. The predicted molar refractivity (Wildman–Crippen MR) is 97.4 cm³/mol. The Morgan fingerprint density at radius 1 is 1.44 bits per heavy atom. The maximum absolute atomic E-state index is 12.6. The number of nitrogens with zero attached hydrogens (tertiary/aromatic N) is 4. The van der Waals surface area contributed by atoms with E-state index in [1.54, 1.807) is 11.3 Å². The maximum Gasteiger partial charge on any atom is 0.228 e. The average Bonchev–Trinajstić information content (AvgIpc) is 3.20. The fraction of sp³-hybridized carbons (Fsp3) is 0.412.